The molecule has 0 aliphatic heterocycles. The van der Waals surface area contributed by atoms with Crippen molar-refractivity contribution in [2.24, 2.45) is 5.92 Å². The van der Waals surface area contributed by atoms with Gasteiger partial charge in [0, 0.05) is 19.1 Å². The molecule has 0 unspecified atom stereocenters. The second-order valence-electron chi connectivity index (χ2n) is 7.58. The topological polar surface area (TPSA) is 92.8 Å². The third kappa shape index (κ3) is 5.79. The van der Waals surface area contributed by atoms with Crippen molar-refractivity contribution in [2.45, 2.75) is 64.3 Å². The number of nitrogens with zero attached hydrogens (tertiary/aromatic N) is 1. The first-order valence-corrected chi connectivity index (χ1v) is 11.7. The third-order valence-electron chi connectivity index (χ3n) is 5.54. The van der Waals surface area contributed by atoms with E-state index in [1.165, 1.54) is 22.9 Å². The van der Waals surface area contributed by atoms with Gasteiger partial charge in [0.05, 0.1) is 10.5 Å². The van der Waals surface area contributed by atoms with Gasteiger partial charge < -0.3 is 10.1 Å². The zero-order valence-corrected chi connectivity index (χ0v) is 18.5. The molecule has 0 heterocycles. The molecule has 1 aliphatic rings. The van der Waals surface area contributed by atoms with Crippen LogP contribution in [-0.4, -0.2) is 50.3 Å². The van der Waals surface area contributed by atoms with Gasteiger partial charge in [-0.3, -0.25) is 4.79 Å². The average molecular weight is 425 g/mol. The van der Waals surface area contributed by atoms with E-state index < -0.39 is 16.0 Å². The monoisotopic (exact) mass is 424 g/mol. The first-order valence-electron chi connectivity index (χ1n) is 10.3. The Kier molecular flexibility index (Phi) is 8.22. The molecule has 8 heteroatoms. The Morgan fingerprint density at radius 1 is 1.17 bits per heavy atom. The van der Waals surface area contributed by atoms with Crippen LogP contribution in [0.2, 0.25) is 0 Å². The van der Waals surface area contributed by atoms with Crippen molar-refractivity contribution in [1.82, 2.24) is 9.62 Å². The molecule has 1 fully saturated rings. The van der Waals surface area contributed by atoms with Crippen LogP contribution in [-0.2, 0) is 19.6 Å². The van der Waals surface area contributed by atoms with Crippen molar-refractivity contribution in [2.75, 3.05) is 19.7 Å². The number of esters is 1. The second-order valence-corrected chi connectivity index (χ2v) is 9.49. The highest BCUT2D eigenvalue weighted by Crippen LogP contribution is 2.24. The van der Waals surface area contributed by atoms with Gasteiger partial charge in [-0.1, -0.05) is 39.7 Å². The molecule has 0 aromatic heterocycles. The first kappa shape index (κ1) is 23.3. The standard InChI is InChI=1S/C21H32N2O5S/c1-5-23(6-2)29(26,27)19-13-17(12-11-16(19)4)21(25)28-14-20(24)22-18-10-8-7-9-15(18)3/h11-13,15,18H,5-10,14H2,1-4H3,(H,22,24)/t15-,18-/m1/s1. The minimum Gasteiger partial charge on any atom is -0.452 e. The van der Waals surface area contributed by atoms with Gasteiger partial charge in [0.15, 0.2) is 6.61 Å². The highest BCUT2D eigenvalue weighted by atomic mass is 32.2. The summed E-state index contributed by atoms with van der Waals surface area (Å²) in [5, 5.41) is 2.93. The predicted octanol–water partition coefficient (Wildman–Crippen LogP) is 2.88. The lowest BCUT2D eigenvalue weighted by atomic mass is 9.86. The fourth-order valence-electron chi connectivity index (χ4n) is 3.70. The number of ether oxygens (including phenoxy) is 1. The minimum atomic E-state index is -3.70. The number of hydrogen-bond acceptors (Lipinski definition) is 5. The van der Waals surface area contributed by atoms with Crippen LogP contribution in [0.25, 0.3) is 0 Å². The molecule has 7 nitrogen and oxygen atoms in total. The fourth-order valence-corrected chi connectivity index (χ4v) is 5.41. The average Bonchev–Trinajstić information content (AvgIpc) is 2.69. The van der Waals surface area contributed by atoms with Crippen molar-refractivity contribution in [3.63, 3.8) is 0 Å². The smallest absolute Gasteiger partial charge is 0.338 e. The van der Waals surface area contributed by atoms with Gasteiger partial charge in [0.2, 0.25) is 10.0 Å². The molecule has 0 bridgehead atoms. The van der Waals surface area contributed by atoms with Crippen molar-refractivity contribution >= 4 is 21.9 Å². The number of hydrogen-bond donors (Lipinski definition) is 1. The van der Waals surface area contributed by atoms with Crippen LogP contribution in [0.3, 0.4) is 0 Å². The summed E-state index contributed by atoms with van der Waals surface area (Å²) in [5.41, 5.74) is 0.664. The Morgan fingerprint density at radius 3 is 2.45 bits per heavy atom. The summed E-state index contributed by atoms with van der Waals surface area (Å²) >= 11 is 0. The van der Waals surface area contributed by atoms with Crippen LogP contribution in [0, 0.1) is 12.8 Å². The lowest BCUT2D eigenvalue weighted by molar-refractivity contribution is -0.125. The molecule has 1 saturated carbocycles. The molecule has 162 valence electrons. The predicted molar refractivity (Wildman–Crippen MR) is 111 cm³/mol. The van der Waals surface area contributed by atoms with Crippen molar-refractivity contribution in [1.29, 1.82) is 0 Å². The maximum Gasteiger partial charge on any atom is 0.338 e. The van der Waals surface area contributed by atoms with E-state index in [2.05, 4.69) is 12.2 Å². The van der Waals surface area contributed by atoms with Crippen molar-refractivity contribution < 1.29 is 22.7 Å². The Hall–Kier alpha value is -1.93. The van der Waals surface area contributed by atoms with Crippen LogP contribution in [0.1, 0.15) is 62.4 Å². The van der Waals surface area contributed by atoms with Gasteiger partial charge >= 0.3 is 5.97 Å². The summed E-state index contributed by atoms with van der Waals surface area (Å²) < 4.78 is 32.1. The SMILES string of the molecule is CCN(CC)S(=O)(=O)c1cc(C(=O)OCC(=O)N[C@@H]2CCCC[C@H]2C)ccc1C. The maximum atomic E-state index is 12.8. The number of amides is 1. The lowest BCUT2D eigenvalue weighted by Crippen LogP contribution is -2.42. The molecule has 2 atom stereocenters. The summed E-state index contributed by atoms with van der Waals surface area (Å²) in [7, 11) is -3.70. The molecule has 2 rings (SSSR count). The second kappa shape index (κ2) is 10.2. The number of nitrogens with one attached hydrogen (secondary N) is 1. The number of benzene rings is 1. The van der Waals surface area contributed by atoms with E-state index in [0.29, 0.717) is 24.6 Å². The van der Waals surface area contributed by atoms with Gasteiger partial charge in [0.25, 0.3) is 5.91 Å². The van der Waals surface area contributed by atoms with E-state index in [-0.39, 0.29) is 29.0 Å². The molecule has 0 spiro atoms. The molecular weight excluding hydrogens is 392 g/mol. The highest BCUT2D eigenvalue weighted by Gasteiger charge is 2.26. The fraction of sp³-hybridized carbons (Fsp3) is 0.619. The number of carbonyl (C=O) groups is 2. The minimum absolute atomic E-state index is 0.0798. The number of sulfonamides is 1. The van der Waals surface area contributed by atoms with Crippen molar-refractivity contribution in [3.8, 4) is 0 Å². The summed E-state index contributed by atoms with van der Waals surface area (Å²) in [6, 6.07) is 4.53. The Bertz CT molecular complexity index is 833. The van der Waals surface area contributed by atoms with Crippen LogP contribution in [0.5, 0.6) is 0 Å². The molecule has 29 heavy (non-hydrogen) atoms. The molecule has 1 aliphatic carbocycles. The molecule has 1 amide bonds. The molecule has 1 N–H and O–H groups in total. The molecule has 0 saturated heterocycles. The van der Waals surface area contributed by atoms with E-state index in [9.17, 15) is 18.0 Å². The van der Waals surface area contributed by atoms with Gasteiger partial charge in [-0.2, -0.15) is 4.31 Å². The number of aryl methyl sites for hydroxylation is 1. The molecular formula is C21H32N2O5S. The van der Waals surface area contributed by atoms with E-state index in [1.807, 2.05) is 0 Å². The zero-order valence-electron chi connectivity index (χ0n) is 17.7. The third-order valence-corrected chi connectivity index (χ3v) is 7.73. The van der Waals surface area contributed by atoms with Gasteiger partial charge in [-0.25, -0.2) is 13.2 Å². The maximum absolute atomic E-state index is 12.8. The summed E-state index contributed by atoms with van der Waals surface area (Å²) in [6.07, 6.45) is 4.28. The normalized spacial score (nSPS) is 19.8. The van der Waals surface area contributed by atoms with Crippen LogP contribution < -0.4 is 5.32 Å². The molecule has 0 radical (unpaired) electrons. The van der Waals surface area contributed by atoms with E-state index in [1.54, 1.807) is 26.8 Å². The van der Waals surface area contributed by atoms with Crippen molar-refractivity contribution in [3.05, 3.63) is 29.3 Å². The quantitative estimate of drug-likeness (QED) is 0.648. The number of rotatable bonds is 8. The van der Waals surface area contributed by atoms with E-state index in [0.717, 1.165) is 19.3 Å². The van der Waals surface area contributed by atoms with E-state index >= 15 is 0 Å². The lowest BCUT2D eigenvalue weighted by Gasteiger charge is -2.29. The van der Waals surface area contributed by atoms with Crippen LogP contribution in [0.4, 0.5) is 0 Å². The Balaban J connectivity index is 2.05. The van der Waals surface area contributed by atoms with Gasteiger partial charge in [-0.15, -0.1) is 0 Å². The highest BCUT2D eigenvalue weighted by molar-refractivity contribution is 7.89. The summed E-state index contributed by atoms with van der Waals surface area (Å²) in [5.74, 6) is -0.638. The molecule has 1 aromatic rings. The molecule has 1 aromatic carbocycles. The zero-order chi connectivity index (χ0) is 21.6. The summed E-state index contributed by atoms with van der Waals surface area (Å²) in [6.45, 7) is 7.62. The summed E-state index contributed by atoms with van der Waals surface area (Å²) in [4.78, 5) is 24.6. The Labute approximate surface area is 173 Å². The Morgan fingerprint density at radius 2 is 1.83 bits per heavy atom. The van der Waals surface area contributed by atoms with E-state index in [4.69, 9.17) is 4.74 Å². The van der Waals surface area contributed by atoms with Crippen LogP contribution >= 0.6 is 0 Å². The first-order chi connectivity index (χ1) is 13.7. The number of carbonyl (C=O) groups excluding carboxylic acids is 2. The van der Waals surface area contributed by atoms with Crippen LogP contribution in [0.15, 0.2) is 23.1 Å². The van der Waals surface area contributed by atoms with Gasteiger partial charge in [0.1, 0.15) is 0 Å². The van der Waals surface area contributed by atoms with Gasteiger partial charge in [-0.05, 0) is 43.4 Å². The largest absolute Gasteiger partial charge is 0.452 e.